The van der Waals surface area contributed by atoms with Gasteiger partial charge in [-0.1, -0.05) is 37.3 Å². The molecule has 2 aliphatic heterocycles. The van der Waals surface area contributed by atoms with Gasteiger partial charge in [0.1, 0.15) is 6.61 Å². The van der Waals surface area contributed by atoms with Gasteiger partial charge in [-0.05, 0) is 24.1 Å². The van der Waals surface area contributed by atoms with E-state index in [0.717, 1.165) is 22.9 Å². The molecule has 0 bridgehead atoms. The molecular formula is C25H27N3O4. The molecule has 1 fully saturated rings. The molecule has 0 unspecified atom stereocenters. The van der Waals surface area contributed by atoms with Gasteiger partial charge in [0.15, 0.2) is 17.3 Å². The van der Waals surface area contributed by atoms with E-state index in [1.165, 1.54) is 5.56 Å². The third-order valence-corrected chi connectivity index (χ3v) is 6.32. The lowest BCUT2D eigenvalue weighted by atomic mass is 10.0. The van der Waals surface area contributed by atoms with E-state index in [0.29, 0.717) is 44.2 Å². The fraction of sp³-hybridized carbons (Fsp3) is 0.360. The third-order valence-electron chi connectivity index (χ3n) is 6.32. The van der Waals surface area contributed by atoms with Crippen LogP contribution in [0.25, 0.3) is 10.9 Å². The molecule has 32 heavy (non-hydrogen) atoms. The summed E-state index contributed by atoms with van der Waals surface area (Å²) in [6.07, 6.45) is 2.12. The number of piperazine rings is 1. The Hall–Kier alpha value is -3.32. The normalized spacial score (nSPS) is 18.7. The van der Waals surface area contributed by atoms with E-state index in [4.69, 9.17) is 9.47 Å². The number of carbonyl (C=O) groups is 2. The van der Waals surface area contributed by atoms with Gasteiger partial charge in [0.25, 0.3) is 5.91 Å². The average molecular weight is 434 g/mol. The lowest BCUT2D eigenvalue weighted by Gasteiger charge is -2.36. The number of hydrogen-bond donors (Lipinski definition) is 1. The third kappa shape index (κ3) is 3.84. The average Bonchev–Trinajstić information content (AvgIpc) is 3.28. The lowest BCUT2D eigenvalue weighted by molar-refractivity contribution is -0.142. The van der Waals surface area contributed by atoms with Crippen LogP contribution in [0.3, 0.4) is 0 Å². The van der Waals surface area contributed by atoms with Gasteiger partial charge in [0.05, 0.1) is 6.54 Å². The molecule has 1 saturated heterocycles. The monoisotopic (exact) mass is 433 g/mol. The van der Waals surface area contributed by atoms with E-state index in [-0.39, 0.29) is 18.3 Å². The van der Waals surface area contributed by atoms with Gasteiger partial charge in [-0.2, -0.15) is 0 Å². The van der Waals surface area contributed by atoms with E-state index in [1.54, 1.807) is 0 Å². The van der Waals surface area contributed by atoms with Crippen molar-refractivity contribution >= 4 is 22.6 Å². The highest BCUT2D eigenvalue weighted by Crippen LogP contribution is 2.31. The van der Waals surface area contributed by atoms with Crippen molar-refractivity contribution in [1.82, 2.24) is 14.8 Å². The molecule has 1 aromatic heterocycles. The van der Waals surface area contributed by atoms with Crippen LogP contribution in [0, 0.1) is 0 Å². The first-order chi connectivity index (χ1) is 15.6. The molecule has 0 aliphatic carbocycles. The maximum atomic E-state index is 13.0. The van der Waals surface area contributed by atoms with Gasteiger partial charge in [0.2, 0.25) is 6.10 Å². The number of rotatable bonds is 5. The zero-order valence-corrected chi connectivity index (χ0v) is 18.2. The summed E-state index contributed by atoms with van der Waals surface area (Å²) in [5.41, 5.74) is 3.00. The van der Waals surface area contributed by atoms with Crippen LogP contribution in [0.4, 0.5) is 0 Å². The number of H-pyrrole nitrogens is 1. The summed E-state index contributed by atoms with van der Waals surface area (Å²) >= 11 is 0. The minimum absolute atomic E-state index is 0.0609. The number of Topliss-reactive ketones (excluding diaryl/α,β-unsaturated/α-hetero) is 1. The summed E-state index contributed by atoms with van der Waals surface area (Å²) < 4.78 is 11.5. The van der Waals surface area contributed by atoms with Crippen molar-refractivity contribution in [2.75, 3.05) is 39.3 Å². The quantitative estimate of drug-likeness (QED) is 0.627. The number of aromatic nitrogens is 1. The molecule has 2 aliphatic rings. The fourth-order valence-corrected chi connectivity index (χ4v) is 4.50. The molecule has 3 heterocycles. The summed E-state index contributed by atoms with van der Waals surface area (Å²) in [5.74, 6) is 1.31. The van der Waals surface area contributed by atoms with Crippen molar-refractivity contribution in [2.24, 2.45) is 0 Å². The Labute approximate surface area is 186 Å². The Morgan fingerprint density at radius 3 is 2.59 bits per heavy atom. The molecule has 7 nitrogen and oxygen atoms in total. The van der Waals surface area contributed by atoms with Gasteiger partial charge < -0.3 is 19.4 Å². The minimum atomic E-state index is -0.628. The number of fused-ring (bicyclic) bond motifs is 2. The van der Waals surface area contributed by atoms with E-state index in [1.807, 2.05) is 47.5 Å². The van der Waals surface area contributed by atoms with Gasteiger partial charge in [-0.15, -0.1) is 0 Å². The first-order valence-electron chi connectivity index (χ1n) is 11.2. The molecule has 0 saturated carbocycles. The number of benzene rings is 2. The summed E-state index contributed by atoms with van der Waals surface area (Å²) in [6, 6.07) is 13.5. The van der Waals surface area contributed by atoms with Crippen molar-refractivity contribution in [3.63, 3.8) is 0 Å². The molecule has 0 radical (unpaired) electrons. The Morgan fingerprint density at radius 2 is 1.81 bits per heavy atom. The van der Waals surface area contributed by atoms with Crippen molar-refractivity contribution in [3.8, 4) is 11.5 Å². The number of aryl methyl sites for hydroxylation is 1. The van der Waals surface area contributed by atoms with Crippen LogP contribution >= 0.6 is 0 Å². The van der Waals surface area contributed by atoms with E-state index in [9.17, 15) is 9.59 Å². The number of hydrogen-bond acceptors (Lipinski definition) is 5. The Morgan fingerprint density at radius 1 is 1.03 bits per heavy atom. The topological polar surface area (TPSA) is 74.9 Å². The molecule has 0 spiro atoms. The second kappa shape index (κ2) is 8.67. The van der Waals surface area contributed by atoms with Gasteiger partial charge in [-0.25, -0.2) is 0 Å². The van der Waals surface area contributed by atoms with Crippen molar-refractivity contribution in [2.45, 2.75) is 19.4 Å². The minimum Gasteiger partial charge on any atom is -0.485 e. The number of carbonyl (C=O) groups excluding carboxylic acids is 2. The highest BCUT2D eigenvalue weighted by molar-refractivity contribution is 6.09. The number of ketones is 1. The van der Waals surface area contributed by atoms with Crippen LogP contribution in [0.2, 0.25) is 0 Å². The maximum Gasteiger partial charge on any atom is 0.267 e. The second-order valence-electron chi connectivity index (χ2n) is 8.28. The van der Waals surface area contributed by atoms with Crippen LogP contribution in [0.5, 0.6) is 11.5 Å². The Balaban J connectivity index is 1.18. The zero-order chi connectivity index (χ0) is 22.1. The molecule has 2 aromatic carbocycles. The van der Waals surface area contributed by atoms with Gasteiger partial charge in [-0.3, -0.25) is 14.5 Å². The van der Waals surface area contributed by atoms with E-state index in [2.05, 4.69) is 22.9 Å². The summed E-state index contributed by atoms with van der Waals surface area (Å²) in [6.45, 7) is 5.13. The highest BCUT2D eigenvalue weighted by atomic mass is 16.6. The summed E-state index contributed by atoms with van der Waals surface area (Å²) in [5, 5.41) is 0.984. The number of amides is 1. The van der Waals surface area contributed by atoms with Crippen LogP contribution < -0.4 is 9.47 Å². The molecule has 1 N–H and O–H groups in total. The number of para-hydroxylation sites is 3. The Bertz CT molecular complexity index is 1150. The molecular weight excluding hydrogens is 406 g/mol. The second-order valence-corrected chi connectivity index (χ2v) is 8.28. The predicted octanol–water partition coefficient (Wildman–Crippen LogP) is 2.90. The highest BCUT2D eigenvalue weighted by Gasteiger charge is 2.33. The molecule has 1 atom stereocenters. The zero-order valence-electron chi connectivity index (χ0n) is 18.2. The van der Waals surface area contributed by atoms with Crippen molar-refractivity contribution in [1.29, 1.82) is 0 Å². The standard InChI is InChI=1S/C25H27N3O4/c1-2-17-6-5-7-18-19(14-26-24(17)18)20(29)15-27-10-12-28(13-11-27)25(30)23-16-31-21-8-3-4-9-22(21)32-23/h3-9,14,23,26H,2,10-13,15-16H2,1H3/t23-/m0/s1. The summed E-state index contributed by atoms with van der Waals surface area (Å²) in [7, 11) is 0. The smallest absolute Gasteiger partial charge is 0.267 e. The van der Waals surface area contributed by atoms with Crippen molar-refractivity contribution in [3.05, 3.63) is 59.8 Å². The van der Waals surface area contributed by atoms with Crippen LogP contribution in [0.1, 0.15) is 22.8 Å². The first-order valence-corrected chi connectivity index (χ1v) is 11.2. The maximum absolute atomic E-state index is 13.0. The molecule has 3 aromatic rings. The van der Waals surface area contributed by atoms with E-state index >= 15 is 0 Å². The summed E-state index contributed by atoms with van der Waals surface area (Å²) in [4.78, 5) is 33.1. The largest absolute Gasteiger partial charge is 0.485 e. The number of nitrogens with one attached hydrogen (secondary N) is 1. The lowest BCUT2D eigenvalue weighted by Crippen LogP contribution is -2.54. The van der Waals surface area contributed by atoms with Crippen molar-refractivity contribution < 1.29 is 19.1 Å². The van der Waals surface area contributed by atoms with Gasteiger partial charge >= 0.3 is 0 Å². The molecule has 166 valence electrons. The van der Waals surface area contributed by atoms with Gasteiger partial charge in [0, 0.05) is 48.8 Å². The number of aromatic amines is 1. The number of ether oxygens (including phenoxy) is 2. The molecule has 1 amide bonds. The number of nitrogens with zero attached hydrogens (tertiary/aromatic N) is 2. The van der Waals surface area contributed by atoms with Crippen LogP contribution in [0.15, 0.2) is 48.7 Å². The van der Waals surface area contributed by atoms with E-state index < -0.39 is 6.10 Å². The fourth-order valence-electron chi connectivity index (χ4n) is 4.50. The SMILES string of the molecule is CCc1cccc2c(C(=O)CN3CCN(C(=O)[C@@H]4COc5ccccc5O4)CC3)c[nH]c12. The first kappa shape index (κ1) is 20.6. The Kier molecular flexibility index (Phi) is 5.57. The molecule has 7 heteroatoms. The predicted molar refractivity (Wildman–Crippen MR) is 121 cm³/mol. The van der Waals surface area contributed by atoms with Crippen LogP contribution in [-0.2, 0) is 11.2 Å². The molecule has 5 rings (SSSR count). The van der Waals surface area contributed by atoms with Crippen LogP contribution in [-0.4, -0.2) is 71.9 Å².